The van der Waals surface area contributed by atoms with E-state index >= 15 is 0 Å². The summed E-state index contributed by atoms with van der Waals surface area (Å²) in [5.41, 5.74) is 1.52. The molecule has 1 aliphatic heterocycles. The molecule has 0 unspecified atom stereocenters. The summed E-state index contributed by atoms with van der Waals surface area (Å²) in [6.45, 7) is 0. The molecule has 0 aromatic heterocycles. The van der Waals surface area contributed by atoms with Gasteiger partial charge in [-0.25, -0.2) is 9.79 Å². The first kappa shape index (κ1) is 15.7. The number of cyclic esters (lactones) is 1. The van der Waals surface area contributed by atoms with Gasteiger partial charge in [0.15, 0.2) is 5.70 Å². The molecule has 1 heterocycles. The third kappa shape index (κ3) is 2.84. The topological polar surface area (TPSA) is 81.8 Å². The Balaban J connectivity index is 1.72. The lowest BCUT2D eigenvalue weighted by Gasteiger charge is -2.01. The molecular weight excluding hydrogens is 332 g/mol. The minimum absolute atomic E-state index is 0.0369. The molecule has 0 saturated heterocycles. The maximum Gasteiger partial charge on any atom is 0.363 e. The van der Waals surface area contributed by atoms with E-state index in [0.717, 1.165) is 16.3 Å². The van der Waals surface area contributed by atoms with Gasteiger partial charge in [0.1, 0.15) is 0 Å². The largest absolute Gasteiger partial charge is 0.402 e. The number of hydrogen-bond donors (Lipinski definition) is 0. The number of nitrogens with zero attached hydrogens (tertiary/aromatic N) is 2. The van der Waals surface area contributed by atoms with Crippen LogP contribution in [0, 0.1) is 10.1 Å². The summed E-state index contributed by atoms with van der Waals surface area (Å²) in [6, 6.07) is 19.4. The van der Waals surface area contributed by atoms with E-state index in [9.17, 15) is 14.9 Å². The molecule has 1 aliphatic rings. The summed E-state index contributed by atoms with van der Waals surface area (Å²) in [6.07, 6.45) is 1.68. The van der Waals surface area contributed by atoms with Crippen molar-refractivity contribution in [3.8, 4) is 0 Å². The third-order valence-electron chi connectivity index (χ3n) is 4.06. The molecule has 0 amide bonds. The Labute approximate surface area is 148 Å². The highest BCUT2D eigenvalue weighted by Gasteiger charge is 2.24. The van der Waals surface area contributed by atoms with Crippen LogP contribution in [0.5, 0.6) is 0 Å². The van der Waals surface area contributed by atoms with Crippen LogP contribution >= 0.6 is 0 Å². The van der Waals surface area contributed by atoms with Gasteiger partial charge in [-0.3, -0.25) is 10.1 Å². The van der Waals surface area contributed by atoms with Crippen molar-refractivity contribution in [1.82, 2.24) is 0 Å². The van der Waals surface area contributed by atoms with Gasteiger partial charge in [0, 0.05) is 17.7 Å². The maximum atomic E-state index is 12.2. The van der Waals surface area contributed by atoms with E-state index in [1.54, 1.807) is 6.08 Å². The van der Waals surface area contributed by atoms with Crippen molar-refractivity contribution in [2.45, 2.75) is 0 Å². The zero-order chi connectivity index (χ0) is 18.1. The molecule has 3 aromatic rings. The second kappa shape index (κ2) is 6.25. The summed E-state index contributed by atoms with van der Waals surface area (Å²) >= 11 is 0. The van der Waals surface area contributed by atoms with Crippen molar-refractivity contribution in [3.05, 3.63) is 93.7 Å². The molecule has 26 heavy (non-hydrogen) atoms. The maximum absolute atomic E-state index is 12.2. The van der Waals surface area contributed by atoms with Gasteiger partial charge in [-0.15, -0.1) is 0 Å². The van der Waals surface area contributed by atoms with Crippen LogP contribution in [0.4, 0.5) is 5.69 Å². The lowest BCUT2D eigenvalue weighted by atomic mass is 10.0. The molecule has 0 bridgehead atoms. The molecule has 126 valence electrons. The SMILES string of the molecule is O=C1OC(c2ccc([N+](=O)[O-])cc2)=NC1=Cc1cccc2ccccc12. The van der Waals surface area contributed by atoms with Gasteiger partial charge in [0.25, 0.3) is 5.69 Å². The summed E-state index contributed by atoms with van der Waals surface area (Å²) < 4.78 is 5.22. The number of aliphatic imine (C=N–C) groups is 1. The van der Waals surface area contributed by atoms with Crippen LogP contribution in [0.3, 0.4) is 0 Å². The van der Waals surface area contributed by atoms with E-state index < -0.39 is 10.9 Å². The number of rotatable bonds is 3. The van der Waals surface area contributed by atoms with Crippen LogP contribution in [0.1, 0.15) is 11.1 Å². The fourth-order valence-corrected chi connectivity index (χ4v) is 2.78. The Morgan fingerprint density at radius 1 is 0.962 bits per heavy atom. The highest BCUT2D eigenvalue weighted by atomic mass is 16.6. The van der Waals surface area contributed by atoms with Gasteiger partial charge in [0.2, 0.25) is 5.90 Å². The molecule has 6 nitrogen and oxygen atoms in total. The molecule has 4 rings (SSSR count). The predicted octanol–water partition coefficient (Wildman–Crippen LogP) is 4.09. The average Bonchev–Trinajstić information content (AvgIpc) is 3.03. The second-order valence-corrected chi connectivity index (χ2v) is 5.71. The molecule has 0 fully saturated rings. The van der Waals surface area contributed by atoms with Gasteiger partial charge >= 0.3 is 5.97 Å². The smallest absolute Gasteiger partial charge is 0.363 e. The van der Waals surface area contributed by atoms with E-state index in [1.165, 1.54) is 24.3 Å². The van der Waals surface area contributed by atoms with Crippen LogP contribution in [0.25, 0.3) is 16.8 Å². The summed E-state index contributed by atoms with van der Waals surface area (Å²) in [4.78, 5) is 26.7. The fraction of sp³-hybridized carbons (Fsp3) is 0. The summed E-state index contributed by atoms with van der Waals surface area (Å²) in [7, 11) is 0. The number of carbonyl (C=O) groups excluding carboxylic acids is 1. The number of fused-ring (bicyclic) bond motifs is 1. The zero-order valence-electron chi connectivity index (χ0n) is 13.5. The minimum atomic E-state index is -0.550. The van der Waals surface area contributed by atoms with Crippen molar-refractivity contribution in [1.29, 1.82) is 0 Å². The van der Waals surface area contributed by atoms with Crippen molar-refractivity contribution < 1.29 is 14.5 Å². The molecule has 0 aliphatic carbocycles. The molecule has 0 radical (unpaired) electrons. The Morgan fingerprint density at radius 2 is 1.69 bits per heavy atom. The number of carbonyl (C=O) groups is 1. The van der Waals surface area contributed by atoms with E-state index in [2.05, 4.69) is 4.99 Å². The Bertz CT molecular complexity index is 1090. The first-order valence-corrected chi connectivity index (χ1v) is 7.87. The first-order chi connectivity index (χ1) is 12.6. The second-order valence-electron chi connectivity index (χ2n) is 5.71. The zero-order valence-corrected chi connectivity index (χ0v) is 13.5. The predicted molar refractivity (Wildman–Crippen MR) is 97.7 cm³/mol. The average molecular weight is 344 g/mol. The van der Waals surface area contributed by atoms with Gasteiger partial charge in [-0.1, -0.05) is 42.5 Å². The molecule has 0 atom stereocenters. The Kier molecular flexibility index (Phi) is 3.78. The Morgan fingerprint density at radius 3 is 2.46 bits per heavy atom. The van der Waals surface area contributed by atoms with Gasteiger partial charge in [0.05, 0.1) is 4.92 Å². The molecule has 0 N–H and O–H groups in total. The normalized spacial score (nSPS) is 15.2. The van der Waals surface area contributed by atoms with Crippen LogP contribution in [-0.4, -0.2) is 16.8 Å². The monoisotopic (exact) mass is 344 g/mol. The van der Waals surface area contributed by atoms with Gasteiger partial charge < -0.3 is 4.74 Å². The van der Waals surface area contributed by atoms with E-state index in [4.69, 9.17) is 4.74 Å². The first-order valence-electron chi connectivity index (χ1n) is 7.87. The van der Waals surface area contributed by atoms with Crippen molar-refractivity contribution >= 4 is 34.4 Å². The van der Waals surface area contributed by atoms with E-state index in [1.807, 2.05) is 42.5 Å². The standard InChI is InChI=1S/C20H12N2O4/c23-20-18(12-15-6-3-5-13-4-1-2-7-17(13)15)21-19(26-20)14-8-10-16(11-9-14)22(24)25/h1-12H. The lowest BCUT2D eigenvalue weighted by Crippen LogP contribution is -2.05. The van der Waals surface area contributed by atoms with Crippen molar-refractivity contribution in [2.75, 3.05) is 0 Å². The van der Waals surface area contributed by atoms with Crippen molar-refractivity contribution in [2.24, 2.45) is 4.99 Å². The Hall–Kier alpha value is -3.80. The number of non-ortho nitro benzene ring substituents is 1. The minimum Gasteiger partial charge on any atom is -0.402 e. The number of hydrogen-bond acceptors (Lipinski definition) is 5. The number of nitro groups is 1. The van der Waals surface area contributed by atoms with Gasteiger partial charge in [-0.05, 0) is 34.5 Å². The third-order valence-corrected chi connectivity index (χ3v) is 4.06. The number of benzene rings is 3. The number of esters is 1. The molecular formula is C20H12N2O4. The van der Waals surface area contributed by atoms with Crippen LogP contribution in [0.15, 0.2) is 77.4 Å². The van der Waals surface area contributed by atoms with Crippen LogP contribution < -0.4 is 0 Å². The molecule has 0 spiro atoms. The quantitative estimate of drug-likeness (QED) is 0.310. The van der Waals surface area contributed by atoms with Crippen LogP contribution in [-0.2, 0) is 9.53 Å². The molecule has 6 heteroatoms. The number of ether oxygens (including phenoxy) is 1. The number of nitro benzene ring substituents is 1. The highest BCUT2D eigenvalue weighted by molar-refractivity contribution is 6.13. The van der Waals surface area contributed by atoms with Crippen LogP contribution in [0.2, 0.25) is 0 Å². The highest BCUT2D eigenvalue weighted by Crippen LogP contribution is 2.24. The van der Waals surface area contributed by atoms with E-state index in [-0.39, 0.29) is 17.3 Å². The lowest BCUT2D eigenvalue weighted by molar-refractivity contribution is -0.384. The summed E-state index contributed by atoms with van der Waals surface area (Å²) in [5.74, 6) is -0.414. The molecule has 3 aromatic carbocycles. The summed E-state index contributed by atoms with van der Waals surface area (Å²) in [5, 5.41) is 12.8. The molecule has 0 saturated carbocycles. The van der Waals surface area contributed by atoms with Crippen molar-refractivity contribution in [3.63, 3.8) is 0 Å². The fourth-order valence-electron chi connectivity index (χ4n) is 2.78. The van der Waals surface area contributed by atoms with E-state index in [0.29, 0.717) is 5.56 Å². The van der Waals surface area contributed by atoms with Gasteiger partial charge in [-0.2, -0.15) is 0 Å².